The minimum Gasteiger partial charge on any atom is -0.355 e. The van der Waals surface area contributed by atoms with Gasteiger partial charge in [0.05, 0.1) is 11.2 Å². The third-order valence-corrected chi connectivity index (χ3v) is 6.32. The van der Waals surface area contributed by atoms with E-state index in [2.05, 4.69) is 25.1 Å². The first kappa shape index (κ1) is 17.2. The van der Waals surface area contributed by atoms with Gasteiger partial charge in [-0.25, -0.2) is 18.9 Å². The lowest BCUT2D eigenvalue weighted by Gasteiger charge is -2.27. The van der Waals surface area contributed by atoms with Crippen molar-refractivity contribution < 1.29 is 13.2 Å². The van der Waals surface area contributed by atoms with Crippen LogP contribution in [0.5, 0.6) is 0 Å². The molecule has 28 heavy (non-hydrogen) atoms. The van der Waals surface area contributed by atoms with Crippen molar-refractivity contribution in [3.05, 3.63) is 42.1 Å². The second-order valence-corrected chi connectivity index (χ2v) is 8.62. The molecule has 0 bridgehead atoms. The lowest BCUT2D eigenvalue weighted by atomic mass is 10.0. The van der Waals surface area contributed by atoms with Crippen LogP contribution < -0.4 is 4.90 Å². The smallest absolute Gasteiger partial charge is 0.182 e. The van der Waals surface area contributed by atoms with Crippen LogP contribution in [0.25, 0.3) is 27.9 Å². The van der Waals surface area contributed by atoms with Gasteiger partial charge in [-0.2, -0.15) is 5.10 Å². The van der Waals surface area contributed by atoms with Crippen molar-refractivity contribution in [3.63, 3.8) is 0 Å². The summed E-state index contributed by atoms with van der Waals surface area (Å²) in [6.07, 6.45) is 5.28. The Bertz CT molecular complexity index is 1170. The molecule has 1 aromatic carbocycles. The highest BCUT2D eigenvalue weighted by Gasteiger charge is 2.22. The third kappa shape index (κ3) is 2.91. The quantitative estimate of drug-likeness (QED) is 0.682. The average molecular weight is 397 g/mol. The monoisotopic (exact) mass is 397 g/mol. The number of aromatic nitrogens is 4. The molecule has 2 aliphatic heterocycles. The number of anilines is 1. The second-order valence-electron chi connectivity index (χ2n) is 6.93. The summed E-state index contributed by atoms with van der Waals surface area (Å²) in [5.41, 5.74) is 3.34. The van der Waals surface area contributed by atoms with E-state index in [1.54, 1.807) is 0 Å². The Balaban J connectivity index is 1.54. The molecule has 1 fully saturated rings. The Morgan fingerprint density at radius 1 is 1.21 bits per heavy atom. The van der Waals surface area contributed by atoms with Gasteiger partial charge in [0.2, 0.25) is 0 Å². The predicted molar refractivity (Wildman–Crippen MR) is 107 cm³/mol. The van der Waals surface area contributed by atoms with E-state index in [1.807, 2.05) is 36.2 Å². The first-order chi connectivity index (χ1) is 13.6. The van der Waals surface area contributed by atoms with Gasteiger partial charge >= 0.3 is 0 Å². The van der Waals surface area contributed by atoms with Gasteiger partial charge < -0.3 is 4.90 Å². The molecule has 3 aromatic rings. The molecular formula is C19H18FN6OS+. The fourth-order valence-electron chi connectivity index (χ4n) is 3.54. The number of hydrogen-bond donors (Lipinski definition) is 1. The Morgan fingerprint density at radius 2 is 2.00 bits per heavy atom. The van der Waals surface area contributed by atoms with Crippen LogP contribution in [0.15, 0.2) is 30.7 Å². The number of fused-ring (bicyclic) bond motifs is 1. The van der Waals surface area contributed by atoms with Crippen LogP contribution in [0.3, 0.4) is 0 Å². The van der Waals surface area contributed by atoms with Crippen molar-refractivity contribution in [3.8, 4) is 11.4 Å². The van der Waals surface area contributed by atoms with Gasteiger partial charge in [0.1, 0.15) is 36.3 Å². The number of rotatable bonds is 3. The van der Waals surface area contributed by atoms with E-state index >= 15 is 0 Å². The summed E-state index contributed by atoms with van der Waals surface area (Å²) in [7, 11) is 1.16. The molecule has 5 rings (SSSR count). The summed E-state index contributed by atoms with van der Waals surface area (Å²) in [4.78, 5) is 10.9. The zero-order chi connectivity index (χ0) is 19.3. The maximum Gasteiger partial charge on any atom is 0.182 e. The SMILES string of the molecule is C[N+]1=CC(c2cc3c(-c4cc(N5CCS(=O)CC5)ncn4)n[nH]c3cc2F)=C1. The van der Waals surface area contributed by atoms with Gasteiger partial charge in [-0.05, 0) is 6.07 Å². The molecule has 0 saturated carbocycles. The van der Waals surface area contributed by atoms with Gasteiger partial charge in [-0.3, -0.25) is 9.31 Å². The normalized spacial score (nSPS) is 17.4. The number of benzene rings is 1. The maximum absolute atomic E-state index is 14.5. The molecule has 2 aromatic heterocycles. The summed E-state index contributed by atoms with van der Waals surface area (Å²) >= 11 is 0. The molecule has 0 aliphatic carbocycles. The number of H-pyrrole nitrogens is 1. The molecule has 4 heterocycles. The number of nitrogens with zero attached hydrogens (tertiary/aromatic N) is 5. The van der Waals surface area contributed by atoms with Crippen LogP contribution in [-0.2, 0) is 10.8 Å². The zero-order valence-electron chi connectivity index (χ0n) is 15.2. The highest BCUT2D eigenvalue weighted by molar-refractivity contribution is 7.85. The van der Waals surface area contributed by atoms with Crippen molar-refractivity contribution in [2.24, 2.45) is 0 Å². The van der Waals surface area contributed by atoms with Crippen LogP contribution in [0, 0.1) is 5.82 Å². The minimum atomic E-state index is -0.745. The molecule has 0 spiro atoms. The number of aromatic amines is 1. The highest BCUT2D eigenvalue weighted by atomic mass is 32.2. The Kier molecular flexibility index (Phi) is 4.04. The largest absolute Gasteiger partial charge is 0.355 e. The molecule has 0 radical (unpaired) electrons. The molecule has 2 aliphatic rings. The lowest BCUT2D eigenvalue weighted by molar-refractivity contribution is -0.423. The number of halogens is 1. The van der Waals surface area contributed by atoms with Crippen molar-refractivity contribution in [1.82, 2.24) is 20.2 Å². The van der Waals surface area contributed by atoms with Crippen molar-refractivity contribution in [1.29, 1.82) is 0 Å². The Morgan fingerprint density at radius 3 is 2.75 bits per heavy atom. The van der Waals surface area contributed by atoms with E-state index in [9.17, 15) is 8.60 Å². The van der Waals surface area contributed by atoms with Crippen LogP contribution in [0.1, 0.15) is 5.56 Å². The molecule has 142 valence electrons. The van der Waals surface area contributed by atoms with Crippen molar-refractivity contribution in [2.45, 2.75) is 0 Å². The Hall–Kier alpha value is -2.94. The first-order valence-corrected chi connectivity index (χ1v) is 10.5. The molecule has 9 heteroatoms. The van der Waals surface area contributed by atoms with E-state index in [4.69, 9.17) is 0 Å². The molecule has 0 atom stereocenters. The summed E-state index contributed by atoms with van der Waals surface area (Å²) in [6, 6.07) is 5.16. The fraction of sp³-hybridized carbons (Fsp3) is 0.263. The predicted octanol–water partition coefficient (Wildman–Crippen LogP) is 1.80. The second kappa shape index (κ2) is 6.59. The van der Waals surface area contributed by atoms with E-state index < -0.39 is 10.8 Å². The zero-order valence-corrected chi connectivity index (χ0v) is 16.0. The van der Waals surface area contributed by atoms with Crippen molar-refractivity contribution >= 4 is 39.3 Å². The molecular weight excluding hydrogens is 379 g/mol. The molecule has 0 amide bonds. The summed E-state index contributed by atoms with van der Waals surface area (Å²) in [6.45, 7) is 1.41. The fourth-order valence-corrected chi connectivity index (χ4v) is 4.59. The molecule has 1 N–H and O–H groups in total. The summed E-state index contributed by atoms with van der Waals surface area (Å²) < 4.78 is 28.0. The van der Waals surface area contributed by atoms with E-state index in [0.717, 1.165) is 16.8 Å². The van der Waals surface area contributed by atoms with E-state index in [-0.39, 0.29) is 5.82 Å². The van der Waals surface area contributed by atoms with Crippen LogP contribution in [-0.4, -0.2) is 66.8 Å². The van der Waals surface area contributed by atoms with Gasteiger partial charge in [0.25, 0.3) is 0 Å². The van der Waals surface area contributed by atoms with Crippen LogP contribution in [0.4, 0.5) is 10.2 Å². The van der Waals surface area contributed by atoms with Gasteiger partial charge in [-0.1, -0.05) is 0 Å². The summed E-state index contributed by atoms with van der Waals surface area (Å²) in [5, 5.41) is 8.08. The van der Waals surface area contributed by atoms with Gasteiger partial charge in [0, 0.05) is 58.5 Å². The lowest BCUT2D eigenvalue weighted by Crippen LogP contribution is -2.38. The third-order valence-electron chi connectivity index (χ3n) is 5.04. The van der Waals surface area contributed by atoms with Crippen LogP contribution >= 0.6 is 0 Å². The molecule has 7 nitrogen and oxygen atoms in total. The minimum absolute atomic E-state index is 0.289. The average Bonchev–Trinajstić information content (AvgIpc) is 3.08. The van der Waals surface area contributed by atoms with Crippen molar-refractivity contribution in [2.75, 3.05) is 36.5 Å². The van der Waals surface area contributed by atoms with Crippen LogP contribution in [0.2, 0.25) is 0 Å². The first-order valence-electron chi connectivity index (χ1n) is 8.97. The van der Waals surface area contributed by atoms with E-state index in [1.165, 1.54) is 12.4 Å². The maximum atomic E-state index is 14.5. The number of allylic oxidation sites excluding steroid dienone is 1. The molecule has 0 unspecified atom stereocenters. The number of nitrogens with one attached hydrogen (secondary N) is 1. The van der Waals surface area contributed by atoms with E-state index in [0.29, 0.717) is 47.1 Å². The highest BCUT2D eigenvalue weighted by Crippen LogP contribution is 2.31. The Labute approximate surface area is 163 Å². The topological polar surface area (TPSA) is 77.8 Å². The van der Waals surface area contributed by atoms with Gasteiger partial charge in [0.15, 0.2) is 12.4 Å². The van der Waals surface area contributed by atoms with Gasteiger partial charge in [-0.15, -0.1) is 0 Å². The molecule has 1 saturated heterocycles. The summed E-state index contributed by atoms with van der Waals surface area (Å²) in [5.74, 6) is 1.79. The number of hydrogen-bond acceptors (Lipinski definition) is 5. The standard InChI is InChI=1S/C19H18FN6OS/c1-25-9-12(10-25)13-6-14-16(7-15(13)20)23-24-19(14)17-8-18(22-11-21-17)26-2-4-28(27)5-3-26/h6-11H,2-5H2,1H3,(H,23,24)/q+1.